The highest BCUT2D eigenvalue weighted by Gasteiger charge is 2.30. The highest BCUT2D eigenvalue weighted by atomic mass is 14.4. The minimum Gasteiger partial charge on any atom is -0.0654 e. The van der Waals surface area contributed by atoms with E-state index in [0.29, 0.717) is 10.8 Å². The van der Waals surface area contributed by atoms with E-state index in [2.05, 4.69) is 55.4 Å². The van der Waals surface area contributed by atoms with Gasteiger partial charge in [-0.25, -0.2) is 0 Å². The van der Waals surface area contributed by atoms with Crippen LogP contribution in [0.25, 0.3) is 0 Å². The molecule has 0 bridgehead atoms. The zero-order chi connectivity index (χ0) is 13.7. The van der Waals surface area contributed by atoms with Crippen LogP contribution in [0.2, 0.25) is 0 Å². The van der Waals surface area contributed by atoms with Gasteiger partial charge in [0.15, 0.2) is 0 Å². The van der Waals surface area contributed by atoms with Crippen LogP contribution in [0.3, 0.4) is 0 Å². The molecule has 0 fully saturated rings. The van der Waals surface area contributed by atoms with E-state index in [4.69, 9.17) is 0 Å². The Hall–Kier alpha value is 0. The SMILES string of the molecule is CCCC(CCC(C)(C)C(C)C)C(C)(C)CC. The third-order valence-electron chi connectivity index (χ3n) is 5.35. The first kappa shape index (κ1) is 17.0. The summed E-state index contributed by atoms with van der Waals surface area (Å²) >= 11 is 0. The van der Waals surface area contributed by atoms with Gasteiger partial charge in [-0.15, -0.1) is 0 Å². The number of hydrogen-bond acceptors (Lipinski definition) is 0. The Kier molecular flexibility index (Phi) is 6.81. The smallest absolute Gasteiger partial charge is 0.0329 e. The van der Waals surface area contributed by atoms with Gasteiger partial charge in [0.25, 0.3) is 0 Å². The molecule has 0 aliphatic carbocycles. The molecule has 0 N–H and O–H groups in total. The van der Waals surface area contributed by atoms with Crippen molar-refractivity contribution in [3.63, 3.8) is 0 Å². The Labute approximate surface area is 111 Å². The van der Waals surface area contributed by atoms with Gasteiger partial charge in [0, 0.05) is 0 Å². The molecule has 0 rings (SSSR count). The first-order valence-corrected chi connectivity index (χ1v) is 7.67. The van der Waals surface area contributed by atoms with Gasteiger partial charge in [0.05, 0.1) is 0 Å². The quantitative estimate of drug-likeness (QED) is 0.467. The Balaban J connectivity index is 4.47. The van der Waals surface area contributed by atoms with Crippen molar-refractivity contribution in [1.29, 1.82) is 0 Å². The summed E-state index contributed by atoms with van der Waals surface area (Å²) in [5.74, 6) is 1.69. The molecule has 0 aromatic carbocycles. The number of rotatable bonds is 8. The molecule has 1 unspecified atom stereocenters. The molecule has 0 aliphatic heterocycles. The average Bonchev–Trinajstić information content (AvgIpc) is 2.23. The zero-order valence-electron chi connectivity index (χ0n) is 13.7. The summed E-state index contributed by atoms with van der Waals surface area (Å²) in [6.07, 6.45) is 6.81. The first-order valence-electron chi connectivity index (χ1n) is 7.67. The van der Waals surface area contributed by atoms with Crippen LogP contribution in [-0.2, 0) is 0 Å². The molecule has 0 heteroatoms. The lowest BCUT2D eigenvalue weighted by Crippen LogP contribution is -2.27. The van der Waals surface area contributed by atoms with E-state index in [1.54, 1.807) is 0 Å². The van der Waals surface area contributed by atoms with Crippen molar-refractivity contribution in [1.82, 2.24) is 0 Å². The van der Waals surface area contributed by atoms with Crippen LogP contribution in [0.5, 0.6) is 0 Å². The van der Waals surface area contributed by atoms with Crippen LogP contribution in [0, 0.1) is 22.7 Å². The van der Waals surface area contributed by atoms with Gasteiger partial charge >= 0.3 is 0 Å². The van der Waals surface area contributed by atoms with E-state index < -0.39 is 0 Å². The molecule has 104 valence electrons. The third kappa shape index (κ3) is 5.44. The second kappa shape index (κ2) is 6.81. The Morgan fingerprint density at radius 1 is 0.824 bits per heavy atom. The lowest BCUT2D eigenvalue weighted by molar-refractivity contribution is 0.135. The van der Waals surface area contributed by atoms with Gasteiger partial charge in [-0.2, -0.15) is 0 Å². The average molecular weight is 240 g/mol. The van der Waals surface area contributed by atoms with Crippen LogP contribution in [0.15, 0.2) is 0 Å². The maximum atomic E-state index is 2.45. The van der Waals surface area contributed by atoms with Crippen molar-refractivity contribution in [3.05, 3.63) is 0 Å². The molecule has 1 atom stereocenters. The fourth-order valence-electron chi connectivity index (χ4n) is 2.40. The topological polar surface area (TPSA) is 0 Å². The van der Waals surface area contributed by atoms with Gasteiger partial charge in [0.1, 0.15) is 0 Å². The molecule has 0 saturated heterocycles. The Morgan fingerprint density at radius 3 is 1.71 bits per heavy atom. The summed E-state index contributed by atoms with van der Waals surface area (Å²) in [7, 11) is 0. The summed E-state index contributed by atoms with van der Waals surface area (Å²) in [5.41, 5.74) is 1.01. The van der Waals surface area contributed by atoms with Crippen molar-refractivity contribution in [2.24, 2.45) is 22.7 Å². The van der Waals surface area contributed by atoms with Gasteiger partial charge in [-0.1, -0.05) is 74.7 Å². The largest absolute Gasteiger partial charge is 0.0654 e. The Bertz CT molecular complexity index is 198. The minimum absolute atomic E-state index is 0.496. The van der Waals surface area contributed by atoms with Crippen molar-refractivity contribution < 1.29 is 0 Å². The van der Waals surface area contributed by atoms with Crippen molar-refractivity contribution in [2.45, 2.75) is 87.5 Å². The van der Waals surface area contributed by atoms with Gasteiger partial charge in [-0.3, -0.25) is 0 Å². The normalized spacial score (nSPS) is 15.4. The highest BCUT2D eigenvalue weighted by molar-refractivity contribution is 4.80. The van der Waals surface area contributed by atoms with Crippen LogP contribution in [0.1, 0.15) is 87.5 Å². The monoisotopic (exact) mass is 240 g/mol. The molecule has 0 aromatic heterocycles. The predicted octanol–water partition coefficient (Wildman–Crippen LogP) is 6.30. The molecule has 0 saturated carbocycles. The van der Waals surface area contributed by atoms with Crippen molar-refractivity contribution >= 4 is 0 Å². The maximum Gasteiger partial charge on any atom is -0.0329 e. The number of hydrogen-bond donors (Lipinski definition) is 0. The standard InChI is InChI=1S/C17H36/c1-9-11-15(16(5,6)10-2)12-13-17(7,8)14(3)4/h14-15H,9-13H2,1-8H3. The van der Waals surface area contributed by atoms with E-state index in [-0.39, 0.29) is 0 Å². The molecule has 17 heavy (non-hydrogen) atoms. The summed E-state index contributed by atoms with van der Waals surface area (Å²) in [6, 6.07) is 0. The maximum absolute atomic E-state index is 2.45. The third-order valence-corrected chi connectivity index (χ3v) is 5.35. The van der Waals surface area contributed by atoms with Gasteiger partial charge in [0.2, 0.25) is 0 Å². The second-order valence-electron chi connectivity index (χ2n) is 7.51. The first-order chi connectivity index (χ1) is 7.67. The molecule has 0 amide bonds. The molecular formula is C17H36. The molecule has 0 aromatic rings. The minimum atomic E-state index is 0.496. The van der Waals surface area contributed by atoms with Crippen molar-refractivity contribution in [3.8, 4) is 0 Å². The summed E-state index contributed by atoms with van der Waals surface area (Å²) < 4.78 is 0. The Morgan fingerprint density at radius 2 is 1.35 bits per heavy atom. The summed E-state index contributed by atoms with van der Waals surface area (Å²) in [4.78, 5) is 0. The van der Waals surface area contributed by atoms with E-state index in [1.165, 1.54) is 32.1 Å². The summed E-state index contributed by atoms with van der Waals surface area (Å²) in [6.45, 7) is 19.2. The van der Waals surface area contributed by atoms with Gasteiger partial charge < -0.3 is 0 Å². The second-order valence-corrected chi connectivity index (χ2v) is 7.51. The highest BCUT2D eigenvalue weighted by Crippen LogP contribution is 2.41. The summed E-state index contributed by atoms with van der Waals surface area (Å²) in [5, 5.41) is 0. The van der Waals surface area contributed by atoms with Crippen LogP contribution in [-0.4, -0.2) is 0 Å². The lowest BCUT2D eigenvalue weighted by atomic mass is 9.68. The van der Waals surface area contributed by atoms with Crippen LogP contribution >= 0.6 is 0 Å². The fraction of sp³-hybridized carbons (Fsp3) is 1.00. The van der Waals surface area contributed by atoms with Crippen LogP contribution in [0.4, 0.5) is 0 Å². The van der Waals surface area contributed by atoms with E-state index in [0.717, 1.165) is 11.8 Å². The zero-order valence-corrected chi connectivity index (χ0v) is 13.7. The van der Waals surface area contributed by atoms with Crippen molar-refractivity contribution in [2.75, 3.05) is 0 Å². The van der Waals surface area contributed by atoms with E-state index in [9.17, 15) is 0 Å². The molecule has 0 spiro atoms. The molecule has 0 aliphatic rings. The molecule has 0 nitrogen and oxygen atoms in total. The molecule has 0 radical (unpaired) electrons. The van der Waals surface area contributed by atoms with E-state index >= 15 is 0 Å². The fourth-order valence-corrected chi connectivity index (χ4v) is 2.40. The molecular weight excluding hydrogens is 204 g/mol. The van der Waals surface area contributed by atoms with Gasteiger partial charge in [-0.05, 0) is 35.5 Å². The van der Waals surface area contributed by atoms with E-state index in [1.807, 2.05) is 0 Å². The lowest BCUT2D eigenvalue weighted by Gasteiger charge is -2.37. The predicted molar refractivity (Wildman–Crippen MR) is 80.3 cm³/mol. The molecule has 0 heterocycles. The van der Waals surface area contributed by atoms with Crippen LogP contribution < -0.4 is 0 Å².